The van der Waals surface area contributed by atoms with Crippen LogP contribution < -0.4 is 5.73 Å². The van der Waals surface area contributed by atoms with Crippen molar-refractivity contribution in [3.05, 3.63) is 0 Å². The molecule has 0 amide bonds. The van der Waals surface area contributed by atoms with Crippen molar-refractivity contribution in [2.24, 2.45) is 16.6 Å². The zero-order valence-electron chi connectivity index (χ0n) is 9.65. The van der Waals surface area contributed by atoms with E-state index in [1.807, 2.05) is 0 Å². The van der Waals surface area contributed by atoms with Crippen molar-refractivity contribution in [1.29, 1.82) is 0 Å². The van der Waals surface area contributed by atoms with Crippen LogP contribution in [0.2, 0.25) is 0 Å². The number of rotatable bonds is 3. The fourth-order valence-corrected chi connectivity index (χ4v) is 3.62. The molecule has 2 aliphatic rings. The summed E-state index contributed by atoms with van der Waals surface area (Å²) in [5.41, 5.74) is 7.22. The highest BCUT2D eigenvalue weighted by Gasteiger charge is 2.41. The van der Waals surface area contributed by atoms with Gasteiger partial charge in [-0.15, -0.1) is 0 Å². The largest absolute Gasteiger partial charge is 0.330 e. The second-order valence-corrected chi connectivity index (χ2v) is 6.11. The van der Waals surface area contributed by atoms with E-state index in [-0.39, 0.29) is 0 Å². The fourth-order valence-electron chi connectivity index (χ4n) is 3.62. The summed E-state index contributed by atoms with van der Waals surface area (Å²) in [6.45, 7) is 3.41. The number of hydrogen-bond donors (Lipinski definition) is 1. The molecule has 0 spiro atoms. The zero-order valence-corrected chi connectivity index (χ0v) is 9.65. The molecule has 0 unspecified atom stereocenters. The third kappa shape index (κ3) is 1.98. The average molecular weight is 195 g/mol. The maximum Gasteiger partial charge on any atom is -0.00203 e. The van der Waals surface area contributed by atoms with Crippen LogP contribution in [-0.2, 0) is 0 Å². The first-order chi connectivity index (χ1) is 6.68. The summed E-state index contributed by atoms with van der Waals surface area (Å²) in [6, 6.07) is 0. The molecule has 2 aliphatic carbocycles. The molecule has 0 heterocycles. The maximum atomic E-state index is 6.02. The Hall–Kier alpha value is -0.0400. The Balaban J connectivity index is 1.96. The van der Waals surface area contributed by atoms with E-state index in [0.29, 0.717) is 10.8 Å². The van der Waals surface area contributed by atoms with Gasteiger partial charge in [0.1, 0.15) is 0 Å². The van der Waals surface area contributed by atoms with Gasteiger partial charge in [-0.3, -0.25) is 0 Å². The van der Waals surface area contributed by atoms with Gasteiger partial charge in [0.05, 0.1) is 0 Å². The highest BCUT2D eigenvalue weighted by molar-refractivity contribution is 4.93. The molecule has 2 fully saturated rings. The minimum Gasteiger partial charge on any atom is -0.330 e. The summed E-state index contributed by atoms with van der Waals surface area (Å²) in [5, 5.41) is 0. The zero-order chi connectivity index (χ0) is 10.1. The monoisotopic (exact) mass is 195 g/mol. The fraction of sp³-hybridized carbons (Fsp3) is 1.00. The highest BCUT2D eigenvalue weighted by Crippen LogP contribution is 2.52. The lowest BCUT2D eigenvalue weighted by molar-refractivity contribution is 0.0456. The Morgan fingerprint density at radius 1 is 0.929 bits per heavy atom. The van der Waals surface area contributed by atoms with Gasteiger partial charge < -0.3 is 5.73 Å². The maximum absolute atomic E-state index is 6.02. The predicted molar refractivity (Wildman–Crippen MR) is 61.1 cm³/mol. The summed E-state index contributed by atoms with van der Waals surface area (Å²) >= 11 is 0. The van der Waals surface area contributed by atoms with Gasteiger partial charge in [0.15, 0.2) is 0 Å². The molecule has 0 bridgehead atoms. The van der Waals surface area contributed by atoms with Crippen molar-refractivity contribution in [1.82, 2.24) is 0 Å². The normalized spacial score (nSPS) is 29.6. The molecule has 1 nitrogen and oxygen atoms in total. The van der Waals surface area contributed by atoms with Crippen LogP contribution in [0.4, 0.5) is 0 Å². The molecule has 1 heteroatoms. The first-order valence-electron chi connectivity index (χ1n) is 6.38. The van der Waals surface area contributed by atoms with Crippen LogP contribution in [0.5, 0.6) is 0 Å². The van der Waals surface area contributed by atoms with Gasteiger partial charge >= 0.3 is 0 Å². The molecule has 2 N–H and O–H groups in total. The van der Waals surface area contributed by atoms with Gasteiger partial charge in [0.2, 0.25) is 0 Å². The first-order valence-corrected chi connectivity index (χ1v) is 6.38. The van der Waals surface area contributed by atoms with E-state index >= 15 is 0 Å². The molecular formula is C13H25N. The minimum atomic E-state index is 0.535. The van der Waals surface area contributed by atoms with Crippen LogP contribution in [0, 0.1) is 10.8 Å². The van der Waals surface area contributed by atoms with Crippen molar-refractivity contribution in [3.63, 3.8) is 0 Å². The van der Waals surface area contributed by atoms with Gasteiger partial charge in [-0.1, -0.05) is 32.6 Å². The van der Waals surface area contributed by atoms with Gasteiger partial charge in [0, 0.05) is 0 Å². The second-order valence-electron chi connectivity index (χ2n) is 6.11. The number of hydrogen-bond acceptors (Lipinski definition) is 1. The molecule has 0 aromatic heterocycles. The molecule has 0 aliphatic heterocycles. The van der Waals surface area contributed by atoms with E-state index in [0.717, 1.165) is 6.54 Å². The van der Waals surface area contributed by atoms with E-state index in [4.69, 9.17) is 5.73 Å². The van der Waals surface area contributed by atoms with E-state index in [9.17, 15) is 0 Å². The van der Waals surface area contributed by atoms with Gasteiger partial charge in [0.25, 0.3) is 0 Å². The molecule has 0 aromatic rings. The highest BCUT2D eigenvalue weighted by atomic mass is 14.6. The molecular weight excluding hydrogens is 170 g/mol. The Labute approximate surface area is 88.4 Å². The Morgan fingerprint density at radius 3 is 2.00 bits per heavy atom. The smallest absolute Gasteiger partial charge is 0.00203 e. The summed E-state index contributed by atoms with van der Waals surface area (Å²) in [5.74, 6) is 0. The topological polar surface area (TPSA) is 26.0 Å². The van der Waals surface area contributed by atoms with Crippen molar-refractivity contribution in [2.45, 2.75) is 64.7 Å². The third-order valence-corrected chi connectivity index (χ3v) is 4.71. The Kier molecular flexibility index (Phi) is 2.88. The van der Waals surface area contributed by atoms with E-state index in [1.54, 1.807) is 0 Å². The minimum absolute atomic E-state index is 0.535. The van der Waals surface area contributed by atoms with E-state index in [1.165, 1.54) is 57.8 Å². The molecule has 2 rings (SSSR count). The van der Waals surface area contributed by atoms with Crippen LogP contribution in [0.25, 0.3) is 0 Å². The van der Waals surface area contributed by atoms with Gasteiger partial charge in [-0.2, -0.15) is 0 Å². The molecule has 0 aromatic carbocycles. The Bertz CT molecular complexity index is 187. The van der Waals surface area contributed by atoms with E-state index in [2.05, 4.69) is 6.92 Å². The van der Waals surface area contributed by atoms with Crippen molar-refractivity contribution < 1.29 is 0 Å². The molecule has 2 saturated carbocycles. The SMILES string of the molecule is CC1(CC2(CN)CCCCC2)CCC1. The standard InChI is InChI=1S/C13H25N/c1-12(6-5-7-12)10-13(11-14)8-3-2-4-9-13/h2-11,14H2,1H3. The molecule has 0 radical (unpaired) electrons. The van der Waals surface area contributed by atoms with Gasteiger partial charge in [-0.25, -0.2) is 0 Å². The summed E-state index contributed by atoms with van der Waals surface area (Å²) in [6.07, 6.45) is 12.9. The lowest BCUT2D eigenvalue weighted by atomic mass is 9.58. The predicted octanol–water partition coefficient (Wildman–Crippen LogP) is 3.48. The average Bonchev–Trinajstić information content (AvgIpc) is 2.17. The van der Waals surface area contributed by atoms with Gasteiger partial charge in [-0.05, 0) is 49.5 Å². The molecule has 82 valence electrons. The van der Waals surface area contributed by atoms with E-state index < -0.39 is 0 Å². The van der Waals surface area contributed by atoms with Crippen molar-refractivity contribution in [3.8, 4) is 0 Å². The lowest BCUT2D eigenvalue weighted by Crippen LogP contribution is -2.40. The number of nitrogens with two attached hydrogens (primary N) is 1. The first kappa shape index (κ1) is 10.5. The summed E-state index contributed by atoms with van der Waals surface area (Å²) in [4.78, 5) is 0. The molecule has 0 atom stereocenters. The summed E-state index contributed by atoms with van der Waals surface area (Å²) < 4.78 is 0. The van der Waals surface area contributed by atoms with Crippen LogP contribution in [-0.4, -0.2) is 6.54 Å². The summed E-state index contributed by atoms with van der Waals surface area (Å²) in [7, 11) is 0. The van der Waals surface area contributed by atoms with Crippen molar-refractivity contribution >= 4 is 0 Å². The molecule has 14 heavy (non-hydrogen) atoms. The Morgan fingerprint density at radius 2 is 1.57 bits per heavy atom. The van der Waals surface area contributed by atoms with Crippen molar-refractivity contribution in [2.75, 3.05) is 6.54 Å². The second kappa shape index (κ2) is 3.84. The quantitative estimate of drug-likeness (QED) is 0.733. The van der Waals surface area contributed by atoms with Crippen LogP contribution in [0.15, 0.2) is 0 Å². The third-order valence-electron chi connectivity index (χ3n) is 4.71. The van der Waals surface area contributed by atoms with Crippen LogP contribution in [0.1, 0.15) is 64.7 Å². The lowest BCUT2D eigenvalue weighted by Gasteiger charge is -2.48. The molecule has 0 saturated heterocycles. The van der Waals surface area contributed by atoms with Crippen LogP contribution >= 0.6 is 0 Å². The van der Waals surface area contributed by atoms with Crippen LogP contribution in [0.3, 0.4) is 0 Å².